The van der Waals surface area contributed by atoms with Crippen molar-refractivity contribution in [2.24, 2.45) is 0 Å². The van der Waals surface area contributed by atoms with Crippen LogP contribution in [0, 0.1) is 0 Å². The maximum absolute atomic E-state index is 10.5. The molecule has 0 unspecified atom stereocenters. The van der Waals surface area contributed by atoms with E-state index in [1.165, 1.54) is 10.6 Å². The maximum Gasteiger partial charge on any atom is 0.137 e. The van der Waals surface area contributed by atoms with Crippen molar-refractivity contribution < 1.29 is 14.7 Å². The highest BCUT2D eigenvalue weighted by molar-refractivity contribution is 6.30. The summed E-state index contributed by atoms with van der Waals surface area (Å²) in [5.41, 5.74) is 1.17. The van der Waals surface area contributed by atoms with Crippen molar-refractivity contribution in [2.75, 3.05) is 44.2 Å². The quantitative estimate of drug-likeness (QED) is 0.671. The molecule has 0 aliphatic carbocycles. The second-order valence-electron chi connectivity index (χ2n) is 7.36. The monoisotopic (exact) mass is 397 g/mol. The molecule has 0 bridgehead atoms. The van der Waals surface area contributed by atoms with Crippen LogP contribution in [0.1, 0.15) is 0 Å². The second-order valence-corrected chi connectivity index (χ2v) is 7.80. The highest BCUT2D eigenvalue weighted by Gasteiger charge is 2.23. The van der Waals surface area contributed by atoms with Crippen LogP contribution in [0.5, 0.6) is 5.75 Å². The van der Waals surface area contributed by atoms with Crippen LogP contribution in [0.3, 0.4) is 0 Å². The lowest BCUT2D eigenvalue weighted by Crippen LogP contribution is -3.16. The van der Waals surface area contributed by atoms with Gasteiger partial charge in [-0.15, -0.1) is 0 Å². The van der Waals surface area contributed by atoms with Crippen molar-refractivity contribution in [3.8, 4) is 5.75 Å². The highest BCUT2D eigenvalue weighted by Crippen LogP contribution is 2.25. The third kappa shape index (κ3) is 4.58. The van der Waals surface area contributed by atoms with Crippen LogP contribution >= 0.6 is 11.6 Å². The lowest BCUT2D eigenvalue weighted by molar-refractivity contribution is -0.903. The Hall–Kier alpha value is -2.27. The smallest absolute Gasteiger partial charge is 0.137 e. The minimum absolute atomic E-state index is 0.315. The number of ether oxygens (including phenoxy) is 1. The van der Waals surface area contributed by atoms with E-state index in [9.17, 15) is 5.11 Å². The minimum atomic E-state index is -0.480. The largest absolute Gasteiger partial charge is 0.490 e. The van der Waals surface area contributed by atoms with Gasteiger partial charge >= 0.3 is 0 Å². The molecule has 0 amide bonds. The summed E-state index contributed by atoms with van der Waals surface area (Å²) in [6.07, 6.45) is -0.480. The zero-order valence-corrected chi connectivity index (χ0v) is 16.6. The number of anilines is 1. The van der Waals surface area contributed by atoms with Crippen LogP contribution < -0.4 is 14.5 Å². The summed E-state index contributed by atoms with van der Waals surface area (Å²) < 4.78 is 5.94. The SMILES string of the molecule is O[C@H](COc1cccc2ccccc12)C[NH+]1CCN(c2cccc(Cl)c2)CC1. The van der Waals surface area contributed by atoms with E-state index in [4.69, 9.17) is 16.3 Å². The van der Waals surface area contributed by atoms with E-state index in [0.717, 1.165) is 47.7 Å². The van der Waals surface area contributed by atoms with Gasteiger partial charge in [-0.05, 0) is 29.7 Å². The van der Waals surface area contributed by atoms with Gasteiger partial charge in [0.15, 0.2) is 0 Å². The predicted octanol–water partition coefficient (Wildman–Crippen LogP) is 2.64. The van der Waals surface area contributed by atoms with Crippen LogP contribution in [0.2, 0.25) is 5.02 Å². The van der Waals surface area contributed by atoms with E-state index in [0.29, 0.717) is 13.2 Å². The number of halogens is 1. The van der Waals surface area contributed by atoms with Gasteiger partial charge in [0.05, 0.1) is 26.2 Å². The topological polar surface area (TPSA) is 37.1 Å². The van der Waals surface area contributed by atoms with Crippen molar-refractivity contribution in [3.05, 3.63) is 71.8 Å². The first-order chi connectivity index (χ1) is 13.7. The molecule has 1 aliphatic heterocycles. The number of aliphatic hydroxyl groups is 1. The van der Waals surface area contributed by atoms with E-state index < -0.39 is 6.10 Å². The number of aliphatic hydroxyl groups excluding tert-OH is 1. The Kier molecular flexibility index (Phi) is 6.01. The number of hydrogen-bond donors (Lipinski definition) is 2. The number of fused-ring (bicyclic) bond motifs is 1. The summed E-state index contributed by atoms with van der Waals surface area (Å²) in [5, 5.41) is 13.5. The van der Waals surface area contributed by atoms with E-state index >= 15 is 0 Å². The van der Waals surface area contributed by atoms with Crippen molar-refractivity contribution in [1.82, 2.24) is 0 Å². The third-order valence-corrected chi connectivity index (χ3v) is 5.58. The molecule has 4 nitrogen and oxygen atoms in total. The first-order valence-electron chi connectivity index (χ1n) is 9.82. The molecule has 4 rings (SSSR count). The molecule has 0 radical (unpaired) electrons. The predicted molar refractivity (Wildman–Crippen MR) is 115 cm³/mol. The van der Waals surface area contributed by atoms with E-state index in [2.05, 4.69) is 29.2 Å². The Morgan fingerprint density at radius 1 is 1.00 bits per heavy atom. The van der Waals surface area contributed by atoms with Crippen LogP contribution in [-0.2, 0) is 0 Å². The van der Waals surface area contributed by atoms with Crippen molar-refractivity contribution in [3.63, 3.8) is 0 Å². The van der Waals surface area contributed by atoms with Gasteiger partial charge < -0.3 is 19.6 Å². The first-order valence-corrected chi connectivity index (χ1v) is 10.2. The summed E-state index contributed by atoms with van der Waals surface area (Å²) in [4.78, 5) is 3.77. The zero-order chi connectivity index (χ0) is 19.3. The molecule has 0 aromatic heterocycles. The molecule has 3 aromatic rings. The van der Waals surface area contributed by atoms with E-state index in [-0.39, 0.29) is 0 Å². The molecule has 0 spiro atoms. The number of quaternary nitrogens is 1. The minimum Gasteiger partial charge on any atom is -0.490 e. The Balaban J connectivity index is 1.27. The van der Waals surface area contributed by atoms with Crippen LogP contribution in [0.25, 0.3) is 10.8 Å². The zero-order valence-electron chi connectivity index (χ0n) is 15.9. The van der Waals surface area contributed by atoms with Crippen molar-refractivity contribution in [2.45, 2.75) is 6.10 Å². The Morgan fingerprint density at radius 3 is 2.57 bits per heavy atom. The van der Waals surface area contributed by atoms with Crippen molar-refractivity contribution >= 4 is 28.1 Å². The second kappa shape index (κ2) is 8.82. The van der Waals surface area contributed by atoms with Gasteiger partial charge in [-0.2, -0.15) is 0 Å². The molecule has 1 atom stereocenters. The average Bonchev–Trinajstić information content (AvgIpc) is 2.73. The Labute approximate surface area is 170 Å². The number of nitrogens with zero attached hydrogens (tertiary/aromatic N) is 1. The van der Waals surface area contributed by atoms with Gasteiger partial charge in [0.1, 0.15) is 25.0 Å². The van der Waals surface area contributed by atoms with Gasteiger partial charge in [0.2, 0.25) is 0 Å². The highest BCUT2D eigenvalue weighted by atomic mass is 35.5. The average molecular weight is 398 g/mol. The summed E-state index contributed by atoms with van der Waals surface area (Å²) in [5.74, 6) is 0.831. The molecule has 146 valence electrons. The van der Waals surface area contributed by atoms with Crippen molar-refractivity contribution in [1.29, 1.82) is 0 Å². The standard InChI is InChI=1S/C23H25ClN2O2/c24-19-7-4-8-20(15-19)26-13-11-25(12-14-26)16-21(27)17-28-23-10-3-6-18-5-1-2-9-22(18)23/h1-10,15,21,27H,11-14,16-17H2/p+1/t21-/m0/s1. The van der Waals surface area contributed by atoms with Crippen LogP contribution in [0.4, 0.5) is 5.69 Å². The third-order valence-electron chi connectivity index (χ3n) is 5.35. The van der Waals surface area contributed by atoms with Crippen LogP contribution in [-0.4, -0.2) is 50.5 Å². The lowest BCUT2D eigenvalue weighted by Gasteiger charge is -2.34. The number of hydrogen-bond acceptors (Lipinski definition) is 3. The molecular formula is C23H26ClN2O2+. The molecule has 1 fully saturated rings. The number of piperazine rings is 1. The number of rotatable bonds is 6. The van der Waals surface area contributed by atoms with E-state index in [1.807, 2.05) is 42.5 Å². The summed E-state index contributed by atoms with van der Waals surface area (Å²) in [6.45, 7) is 4.94. The van der Waals surface area contributed by atoms with Crippen LogP contribution in [0.15, 0.2) is 66.7 Å². The van der Waals surface area contributed by atoms with Gasteiger partial charge in [0.25, 0.3) is 0 Å². The molecule has 1 aliphatic rings. The Morgan fingerprint density at radius 2 is 1.75 bits per heavy atom. The summed E-state index contributed by atoms with van der Waals surface area (Å²) in [7, 11) is 0. The van der Waals surface area contributed by atoms with E-state index in [1.54, 1.807) is 0 Å². The maximum atomic E-state index is 10.5. The molecule has 3 aromatic carbocycles. The molecule has 0 saturated carbocycles. The normalized spacial score (nSPS) is 16.3. The molecule has 28 heavy (non-hydrogen) atoms. The fraction of sp³-hybridized carbons (Fsp3) is 0.304. The summed E-state index contributed by atoms with van der Waals surface area (Å²) in [6, 6.07) is 22.2. The molecular weight excluding hydrogens is 372 g/mol. The van der Waals surface area contributed by atoms with Gasteiger partial charge in [0, 0.05) is 16.1 Å². The Bertz CT molecular complexity index is 920. The molecule has 1 heterocycles. The fourth-order valence-electron chi connectivity index (χ4n) is 3.86. The van der Waals surface area contributed by atoms with Gasteiger partial charge in [-0.3, -0.25) is 0 Å². The number of benzene rings is 3. The molecule has 1 saturated heterocycles. The van der Waals surface area contributed by atoms with Gasteiger partial charge in [-0.1, -0.05) is 54.1 Å². The first kappa shape index (κ1) is 19.1. The molecule has 5 heteroatoms. The lowest BCUT2D eigenvalue weighted by atomic mass is 10.1. The summed E-state index contributed by atoms with van der Waals surface area (Å²) >= 11 is 6.10. The fourth-order valence-corrected chi connectivity index (χ4v) is 4.04. The van der Waals surface area contributed by atoms with Gasteiger partial charge in [-0.25, -0.2) is 0 Å². The molecule has 2 N–H and O–H groups in total. The number of nitrogens with one attached hydrogen (secondary N) is 1.